The molecule has 0 fully saturated rings. The summed E-state index contributed by atoms with van der Waals surface area (Å²) in [5.41, 5.74) is 1.11. The van der Waals surface area contributed by atoms with Crippen molar-refractivity contribution in [3.8, 4) is 0 Å². The van der Waals surface area contributed by atoms with E-state index < -0.39 is 26.6 Å². The van der Waals surface area contributed by atoms with Gasteiger partial charge >= 0.3 is 0 Å². The Bertz CT molecular complexity index is 1200. The monoisotopic (exact) mass is 444 g/mol. The molecule has 0 atom stereocenters. The van der Waals surface area contributed by atoms with E-state index in [1.54, 1.807) is 30.3 Å². The highest BCUT2D eigenvalue weighted by Gasteiger charge is 2.17. The van der Waals surface area contributed by atoms with Gasteiger partial charge in [-0.3, -0.25) is 14.3 Å². The molecule has 0 aliphatic heterocycles. The first kappa shape index (κ1) is 22.1. The van der Waals surface area contributed by atoms with Crippen LogP contribution in [0.5, 0.6) is 0 Å². The van der Waals surface area contributed by atoms with Crippen molar-refractivity contribution in [1.82, 2.24) is 0 Å². The zero-order valence-electron chi connectivity index (χ0n) is 16.1. The van der Waals surface area contributed by atoms with Gasteiger partial charge in [-0.15, -0.1) is 0 Å². The van der Waals surface area contributed by atoms with Crippen molar-refractivity contribution in [2.75, 3.05) is 10.0 Å². The molecule has 160 valence electrons. The standard InChI is InChI=1S/C22H18F2N2O4S/c23-19-11-10-18(14-20(19)24)31(29,30)26-17-8-6-16(7-9-17)25-22(28)13-12-21(27)15-4-2-1-3-5-15/h1-11,14,26H,12-13H2,(H,25,28). The summed E-state index contributed by atoms with van der Waals surface area (Å²) in [6.07, 6.45) is 0.0558. The molecule has 0 spiro atoms. The average molecular weight is 444 g/mol. The number of halogens is 2. The first-order chi connectivity index (χ1) is 14.7. The second-order valence-electron chi connectivity index (χ2n) is 6.60. The number of Topliss-reactive ketones (excluding diaryl/α,β-unsaturated/α-hetero) is 1. The number of nitrogens with one attached hydrogen (secondary N) is 2. The highest BCUT2D eigenvalue weighted by atomic mass is 32.2. The van der Waals surface area contributed by atoms with E-state index in [1.165, 1.54) is 24.3 Å². The number of carbonyl (C=O) groups excluding carboxylic acids is 2. The summed E-state index contributed by atoms with van der Waals surface area (Å²) in [6.45, 7) is 0. The first-order valence-electron chi connectivity index (χ1n) is 9.20. The zero-order chi connectivity index (χ0) is 22.4. The molecule has 0 radical (unpaired) electrons. The number of anilines is 2. The van der Waals surface area contributed by atoms with Crippen molar-refractivity contribution in [3.05, 3.63) is 90.0 Å². The minimum Gasteiger partial charge on any atom is -0.326 e. The van der Waals surface area contributed by atoms with Crippen LogP contribution in [0, 0.1) is 11.6 Å². The maximum Gasteiger partial charge on any atom is 0.261 e. The molecular weight excluding hydrogens is 426 g/mol. The van der Waals surface area contributed by atoms with E-state index in [9.17, 15) is 26.8 Å². The lowest BCUT2D eigenvalue weighted by Gasteiger charge is -2.10. The number of carbonyl (C=O) groups is 2. The Morgan fingerprint density at radius 3 is 2.06 bits per heavy atom. The third-order valence-corrected chi connectivity index (χ3v) is 5.68. The second-order valence-corrected chi connectivity index (χ2v) is 8.28. The Kier molecular flexibility index (Phi) is 6.76. The number of hydrogen-bond donors (Lipinski definition) is 2. The average Bonchev–Trinajstić information content (AvgIpc) is 2.75. The predicted octanol–water partition coefficient (Wildman–Crippen LogP) is 4.37. The Morgan fingerprint density at radius 1 is 0.774 bits per heavy atom. The predicted molar refractivity (Wildman–Crippen MR) is 112 cm³/mol. The number of rotatable bonds is 8. The first-order valence-corrected chi connectivity index (χ1v) is 10.7. The molecule has 3 aromatic rings. The van der Waals surface area contributed by atoms with Crippen LogP contribution in [0.3, 0.4) is 0 Å². The molecule has 2 N–H and O–H groups in total. The van der Waals surface area contributed by atoms with E-state index in [0.717, 1.165) is 12.1 Å². The van der Waals surface area contributed by atoms with Gasteiger partial charge in [0, 0.05) is 29.8 Å². The van der Waals surface area contributed by atoms with Crippen molar-refractivity contribution in [2.45, 2.75) is 17.7 Å². The number of benzene rings is 3. The highest BCUT2D eigenvalue weighted by Crippen LogP contribution is 2.20. The van der Waals surface area contributed by atoms with Gasteiger partial charge < -0.3 is 5.32 Å². The van der Waals surface area contributed by atoms with E-state index in [2.05, 4.69) is 10.0 Å². The molecule has 0 aliphatic rings. The molecule has 0 unspecified atom stereocenters. The molecule has 0 bridgehead atoms. The van der Waals surface area contributed by atoms with Gasteiger partial charge in [-0.05, 0) is 42.5 Å². The summed E-state index contributed by atoms with van der Waals surface area (Å²) in [5, 5.41) is 2.62. The Hall–Kier alpha value is -3.59. The summed E-state index contributed by atoms with van der Waals surface area (Å²) < 4.78 is 53.1. The van der Waals surface area contributed by atoms with Crippen LogP contribution in [0.25, 0.3) is 0 Å². The fourth-order valence-corrected chi connectivity index (χ4v) is 3.77. The van der Waals surface area contributed by atoms with E-state index in [4.69, 9.17) is 0 Å². The lowest BCUT2D eigenvalue weighted by atomic mass is 10.1. The summed E-state index contributed by atoms with van der Waals surface area (Å²) in [5.74, 6) is -2.92. The lowest BCUT2D eigenvalue weighted by Crippen LogP contribution is -2.14. The molecule has 1 amide bonds. The molecule has 0 aromatic heterocycles. The molecular formula is C22H18F2N2O4S. The molecule has 3 rings (SSSR count). The van der Waals surface area contributed by atoms with Crippen molar-refractivity contribution in [2.24, 2.45) is 0 Å². The van der Waals surface area contributed by atoms with Crippen LogP contribution in [0.1, 0.15) is 23.2 Å². The SMILES string of the molecule is O=C(CCC(=O)c1ccccc1)Nc1ccc(NS(=O)(=O)c2ccc(F)c(F)c2)cc1. The van der Waals surface area contributed by atoms with Crippen molar-refractivity contribution in [1.29, 1.82) is 0 Å². The van der Waals surface area contributed by atoms with Crippen LogP contribution in [0.2, 0.25) is 0 Å². The van der Waals surface area contributed by atoms with Gasteiger partial charge in [-0.2, -0.15) is 0 Å². The van der Waals surface area contributed by atoms with E-state index in [-0.39, 0.29) is 30.2 Å². The Balaban J connectivity index is 1.56. The van der Waals surface area contributed by atoms with Gasteiger partial charge in [0.1, 0.15) is 0 Å². The fourth-order valence-electron chi connectivity index (χ4n) is 2.70. The van der Waals surface area contributed by atoms with Crippen molar-refractivity contribution >= 4 is 33.1 Å². The topological polar surface area (TPSA) is 92.3 Å². The van der Waals surface area contributed by atoms with Crippen LogP contribution in [0.15, 0.2) is 77.7 Å². The van der Waals surface area contributed by atoms with Crippen LogP contribution >= 0.6 is 0 Å². The van der Waals surface area contributed by atoms with Crippen LogP contribution < -0.4 is 10.0 Å². The number of ketones is 1. The number of sulfonamides is 1. The summed E-state index contributed by atoms with van der Waals surface area (Å²) in [7, 11) is -4.11. The summed E-state index contributed by atoms with van der Waals surface area (Å²) in [6, 6.07) is 16.7. The van der Waals surface area contributed by atoms with Gasteiger partial charge in [0.15, 0.2) is 17.4 Å². The lowest BCUT2D eigenvalue weighted by molar-refractivity contribution is -0.116. The third kappa shape index (κ3) is 5.95. The number of hydrogen-bond acceptors (Lipinski definition) is 4. The second kappa shape index (κ2) is 9.48. The molecule has 0 heterocycles. The van der Waals surface area contributed by atoms with Crippen LogP contribution in [-0.2, 0) is 14.8 Å². The minimum absolute atomic E-state index is 0.00175. The maximum absolute atomic E-state index is 13.3. The summed E-state index contributed by atoms with van der Waals surface area (Å²) >= 11 is 0. The molecule has 31 heavy (non-hydrogen) atoms. The van der Waals surface area contributed by atoms with Crippen LogP contribution in [0.4, 0.5) is 20.2 Å². The highest BCUT2D eigenvalue weighted by molar-refractivity contribution is 7.92. The zero-order valence-corrected chi connectivity index (χ0v) is 17.0. The van der Waals surface area contributed by atoms with Gasteiger partial charge in [-0.25, -0.2) is 17.2 Å². The normalized spacial score (nSPS) is 11.0. The summed E-state index contributed by atoms with van der Waals surface area (Å²) in [4.78, 5) is 23.7. The smallest absolute Gasteiger partial charge is 0.261 e. The van der Waals surface area contributed by atoms with Gasteiger partial charge in [-0.1, -0.05) is 30.3 Å². The molecule has 9 heteroatoms. The van der Waals surface area contributed by atoms with E-state index in [1.807, 2.05) is 0 Å². The molecule has 6 nitrogen and oxygen atoms in total. The molecule has 0 aliphatic carbocycles. The molecule has 3 aromatic carbocycles. The Morgan fingerprint density at radius 2 is 1.42 bits per heavy atom. The van der Waals surface area contributed by atoms with Crippen molar-refractivity contribution in [3.63, 3.8) is 0 Å². The maximum atomic E-state index is 13.3. The van der Waals surface area contributed by atoms with Gasteiger partial charge in [0.25, 0.3) is 10.0 Å². The largest absolute Gasteiger partial charge is 0.326 e. The third-order valence-electron chi connectivity index (χ3n) is 4.30. The van der Waals surface area contributed by atoms with E-state index >= 15 is 0 Å². The van der Waals surface area contributed by atoms with Gasteiger partial charge in [0.05, 0.1) is 4.90 Å². The minimum atomic E-state index is -4.11. The molecule has 0 saturated carbocycles. The van der Waals surface area contributed by atoms with E-state index in [0.29, 0.717) is 17.3 Å². The van der Waals surface area contributed by atoms with Crippen molar-refractivity contribution < 1.29 is 26.8 Å². The number of amides is 1. The fraction of sp³-hybridized carbons (Fsp3) is 0.0909. The van der Waals surface area contributed by atoms with Gasteiger partial charge in [0.2, 0.25) is 5.91 Å². The molecule has 0 saturated heterocycles. The van der Waals surface area contributed by atoms with Crippen LogP contribution in [-0.4, -0.2) is 20.1 Å². The Labute approximate surface area is 178 Å². The quantitative estimate of drug-likeness (QED) is 0.505.